The number of hydrogen-bond acceptors (Lipinski definition) is 6. The number of para-hydroxylation sites is 2. The van der Waals surface area contributed by atoms with Crippen LogP contribution in [-0.4, -0.2) is 58.6 Å². The van der Waals surface area contributed by atoms with Gasteiger partial charge in [-0.1, -0.05) is 98.3 Å². The molecule has 49 heavy (non-hydrogen) atoms. The van der Waals surface area contributed by atoms with Crippen LogP contribution in [0.15, 0.2) is 119 Å². The molecule has 6 rings (SSSR count). The topological polar surface area (TPSA) is 93.8 Å². The minimum absolute atomic E-state index is 0.0311. The van der Waals surface area contributed by atoms with E-state index in [0.29, 0.717) is 37.0 Å². The van der Waals surface area contributed by atoms with Crippen LogP contribution in [0.1, 0.15) is 55.8 Å². The molecule has 5 aromatic rings. The fraction of sp³-hybridized carbons (Fsp3) is 0.333. The van der Waals surface area contributed by atoms with Gasteiger partial charge in [-0.05, 0) is 67.1 Å². The van der Waals surface area contributed by atoms with Gasteiger partial charge in [0.05, 0.1) is 15.9 Å². The maximum absolute atomic E-state index is 13.9. The lowest BCUT2D eigenvalue weighted by atomic mass is 10.0. The van der Waals surface area contributed by atoms with Crippen LogP contribution in [-0.2, 0) is 34.3 Å². The molecule has 1 aliphatic heterocycles. The zero-order valence-corrected chi connectivity index (χ0v) is 29.0. The molecule has 2 heterocycles. The summed E-state index contributed by atoms with van der Waals surface area (Å²) in [5, 5.41) is 0. The van der Waals surface area contributed by atoms with E-state index in [9.17, 15) is 18.0 Å². The van der Waals surface area contributed by atoms with Crippen LogP contribution in [0, 0.1) is 0 Å². The smallest absolute Gasteiger partial charge is 0.409 e. The first-order valence-electron chi connectivity index (χ1n) is 17.1. The normalized spacial score (nSPS) is 14.7. The molecule has 1 saturated heterocycles. The summed E-state index contributed by atoms with van der Waals surface area (Å²) in [5.74, 6) is 0. The van der Waals surface area contributed by atoms with E-state index in [1.807, 2.05) is 36.4 Å². The van der Waals surface area contributed by atoms with Gasteiger partial charge in [-0.25, -0.2) is 18.0 Å². The Morgan fingerprint density at radius 1 is 0.796 bits per heavy atom. The number of imidazole rings is 1. The Labute approximate surface area is 288 Å². The molecule has 4 aromatic carbocycles. The highest BCUT2D eigenvalue weighted by Crippen LogP contribution is 2.28. The number of aromatic nitrogens is 2. The van der Waals surface area contributed by atoms with Crippen molar-refractivity contribution in [3.63, 3.8) is 0 Å². The van der Waals surface area contributed by atoms with Crippen LogP contribution >= 0.6 is 0 Å². The van der Waals surface area contributed by atoms with Crippen LogP contribution in [0.3, 0.4) is 0 Å². The number of likely N-dealkylation sites (tertiary alicyclic amines) is 1. The molecule has 0 saturated carbocycles. The molecule has 0 unspecified atom stereocenters. The van der Waals surface area contributed by atoms with Crippen LogP contribution in [0.4, 0.5) is 4.79 Å². The quantitative estimate of drug-likeness (QED) is 0.143. The first kappa shape index (κ1) is 34.2. The number of nitrogens with zero attached hydrogens (tertiary/aromatic N) is 4. The molecular weight excluding hydrogens is 637 g/mol. The van der Waals surface area contributed by atoms with Crippen molar-refractivity contribution >= 4 is 27.1 Å². The second-order valence-corrected chi connectivity index (χ2v) is 14.6. The summed E-state index contributed by atoms with van der Waals surface area (Å²) >= 11 is 0. The second-order valence-electron chi connectivity index (χ2n) is 12.8. The number of carbonyl (C=O) groups excluding carboxylic acids is 1. The van der Waals surface area contributed by atoms with E-state index in [1.165, 1.54) is 11.1 Å². The monoisotopic (exact) mass is 680 g/mol. The van der Waals surface area contributed by atoms with Gasteiger partial charge < -0.3 is 9.64 Å². The van der Waals surface area contributed by atoms with Crippen molar-refractivity contribution < 1.29 is 17.9 Å². The molecule has 10 heteroatoms. The van der Waals surface area contributed by atoms with Crippen molar-refractivity contribution in [2.24, 2.45) is 0 Å². The Morgan fingerprint density at radius 2 is 1.35 bits per heavy atom. The van der Waals surface area contributed by atoms with Crippen molar-refractivity contribution in [3.8, 4) is 0 Å². The number of ether oxygens (including phenoxy) is 1. The molecule has 1 aromatic heterocycles. The van der Waals surface area contributed by atoms with Gasteiger partial charge >= 0.3 is 11.8 Å². The van der Waals surface area contributed by atoms with Crippen LogP contribution in [0.25, 0.3) is 11.0 Å². The molecule has 1 fully saturated rings. The van der Waals surface area contributed by atoms with Crippen molar-refractivity contribution in [1.29, 1.82) is 0 Å². The first-order valence-corrected chi connectivity index (χ1v) is 18.5. The van der Waals surface area contributed by atoms with Crippen molar-refractivity contribution in [1.82, 2.24) is 18.3 Å². The largest absolute Gasteiger partial charge is 0.448 e. The Kier molecular flexibility index (Phi) is 10.7. The van der Waals surface area contributed by atoms with Gasteiger partial charge in [0.25, 0.3) is 10.0 Å². The van der Waals surface area contributed by atoms with Crippen LogP contribution in [0.5, 0.6) is 0 Å². The van der Waals surface area contributed by atoms with Gasteiger partial charge in [-0.3, -0.25) is 9.47 Å². The standard InChI is InChI=1S/C39H44N4O5S/c1-3-12-31-19-21-35(22-20-31)49(46,47)43-37-18-11-10-17-36(37)42(38(43)44)34-23-25-40(26-24-34)39(45)48-29-30(2)41(27-32-13-6-4-7-14-32)28-33-15-8-5-9-16-33/h4-11,13-22,30,34H,3,12,23-29H2,1-2H3/t30-/m0/s1. The number of fused-ring (bicyclic) bond motifs is 1. The highest BCUT2D eigenvalue weighted by molar-refractivity contribution is 7.90. The number of amides is 1. The molecule has 1 amide bonds. The van der Waals surface area contributed by atoms with Gasteiger partial charge in [-0.15, -0.1) is 0 Å². The minimum atomic E-state index is -4.14. The second kappa shape index (κ2) is 15.3. The highest BCUT2D eigenvalue weighted by Gasteiger charge is 2.31. The molecule has 1 atom stereocenters. The van der Waals surface area contributed by atoms with Gasteiger partial charge in [-0.2, -0.15) is 3.97 Å². The van der Waals surface area contributed by atoms with E-state index in [4.69, 9.17) is 4.74 Å². The van der Waals surface area contributed by atoms with Gasteiger partial charge in [0.1, 0.15) is 6.61 Å². The number of carbonyl (C=O) groups is 1. The molecule has 0 spiro atoms. The lowest BCUT2D eigenvalue weighted by Gasteiger charge is -2.33. The Balaban J connectivity index is 1.13. The SMILES string of the molecule is CCCc1ccc(S(=O)(=O)n2c(=O)n(C3CCN(C(=O)OC[C@H](C)N(Cc4ccccc4)Cc4ccccc4)CC3)c3ccccc32)cc1. The van der Waals surface area contributed by atoms with Crippen LogP contribution < -0.4 is 5.69 Å². The third-order valence-electron chi connectivity index (χ3n) is 9.36. The molecule has 0 aliphatic carbocycles. The third kappa shape index (κ3) is 7.66. The minimum Gasteiger partial charge on any atom is -0.448 e. The van der Waals surface area contributed by atoms with E-state index in [0.717, 1.165) is 35.5 Å². The average molecular weight is 681 g/mol. The van der Waals surface area contributed by atoms with Crippen molar-refractivity contribution in [3.05, 3.63) is 136 Å². The maximum Gasteiger partial charge on any atom is 0.409 e. The van der Waals surface area contributed by atoms with Crippen molar-refractivity contribution in [2.45, 2.75) is 69.6 Å². The van der Waals surface area contributed by atoms with E-state index >= 15 is 0 Å². The molecule has 9 nitrogen and oxygen atoms in total. The van der Waals surface area contributed by atoms with E-state index < -0.39 is 15.7 Å². The van der Waals surface area contributed by atoms with E-state index in [1.54, 1.807) is 58.0 Å². The number of benzene rings is 4. The predicted molar refractivity (Wildman–Crippen MR) is 192 cm³/mol. The van der Waals surface area contributed by atoms with Crippen molar-refractivity contribution in [2.75, 3.05) is 19.7 Å². The van der Waals surface area contributed by atoms with Gasteiger partial charge in [0.15, 0.2) is 0 Å². The fourth-order valence-electron chi connectivity index (χ4n) is 6.65. The summed E-state index contributed by atoms with van der Waals surface area (Å²) in [5.41, 5.74) is 3.74. The fourth-order valence-corrected chi connectivity index (χ4v) is 8.05. The summed E-state index contributed by atoms with van der Waals surface area (Å²) in [6, 6.07) is 34.0. The van der Waals surface area contributed by atoms with Gasteiger partial charge in [0.2, 0.25) is 0 Å². The maximum atomic E-state index is 13.9. The Hall–Kier alpha value is -4.67. The summed E-state index contributed by atoms with van der Waals surface area (Å²) in [7, 11) is -4.14. The van der Waals surface area contributed by atoms with Crippen LogP contribution in [0.2, 0.25) is 0 Å². The zero-order chi connectivity index (χ0) is 34.4. The number of aryl methyl sites for hydroxylation is 1. The number of hydrogen-bond donors (Lipinski definition) is 0. The predicted octanol–water partition coefficient (Wildman–Crippen LogP) is 6.86. The Morgan fingerprint density at radius 3 is 1.92 bits per heavy atom. The number of piperidine rings is 1. The lowest BCUT2D eigenvalue weighted by molar-refractivity contribution is 0.0567. The summed E-state index contributed by atoms with van der Waals surface area (Å²) < 4.78 is 36.0. The zero-order valence-electron chi connectivity index (χ0n) is 28.1. The summed E-state index contributed by atoms with van der Waals surface area (Å²) in [6.07, 6.45) is 2.42. The Bertz CT molecular complexity index is 1980. The molecule has 0 N–H and O–H groups in total. The van der Waals surface area contributed by atoms with E-state index in [-0.39, 0.29) is 29.7 Å². The molecular formula is C39H44N4O5S. The highest BCUT2D eigenvalue weighted by atomic mass is 32.2. The molecule has 0 bridgehead atoms. The van der Waals surface area contributed by atoms with Gasteiger partial charge in [0, 0.05) is 38.3 Å². The van der Waals surface area contributed by atoms with E-state index in [2.05, 4.69) is 43.0 Å². The summed E-state index contributed by atoms with van der Waals surface area (Å²) in [4.78, 5) is 31.3. The first-order chi connectivity index (χ1) is 23.8. The molecule has 0 radical (unpaired) electrons. The molecule has 1 aliphatic rings. The summed E-state index contributed by atoms with van der Waals surface area (Å²) in [6.45, 7) is 6.62. The number of rotatable bonds is 12. The average Bonchev–Trinajstić information content (AvgIpc) is 3.43. The lowest BCUT2D eigenvalue weighted by Crippen LogP contribution is -2.43. The molecule has 256 valence electrons. The third-order valence-corrected chi connectivity index (χ3v) is 11.1.